The summed E-state index contributed by atoms with van der Waals surface area (Å²) in [7, 11) is 0. The van der Waals surface area contributed by atoms with E-state index in [2.05, 4.69) is 59.0 Å². The van der Waals surface area contributed by atoms with Crippen LogP contribution in [0.25, 0.3) is 33.2 Å². The molecule has 34 heavy (non-hydrogen) atoms. The second kappa shape index (κ2) is 8.88. The van der Waals surface area contributed by atoms with Gasteiger partial charge in [0.05, 0.1) is 6.04 Å². The molecule has 1 unspecified atom stereocenters. The van der Waals surface area contributed by atoms with Crippen molar-refractivity contribution >= 4 is 33.6 Å². The first kappa shape index (κ1) is 21.5. The van der Waals surface area contributed by atoms with Crippen LogP contribution in [-0.2, 0) is 0 Å². The largest absolute Gasteiger partial charge is 0.453 e. The lowest BCUT2D eigenvalue weighted by atomic mass is 10.0. The normalized spacial score (nSPS) is 12.7. The van der Waals surface area contributed by atoms with Crippen molar-refractivity contribution in [3.8, 4) is 11.1 Å². The van der Waals surface area contributed by atoms with Crippen LogP contribution in [-0.4, -0.2) is 10.8 Å². The zero-order valence-electron chi connectivity index (χ0n) is 19.0. The van der Waals surface area contributed by atoms with E-state index in [1.54, 1.807) is 0 Å². The molecule has 2 heterocycles. The predicted octanol–water partition coefficient (Wildman–Crippen LogP) is 5.21. The topological polar surface area (TPSA) is 114 Å². The maximum atomic E-state index is 6.52. The Hall–Kier alpha value is -4.36. The van der Waals surface area contributed by atoms with Crippen LogP contribution in [0.1, 0.15) is 29.7 Å². The number of rotatable bonds is 6. The average Bonchev–Trinajstić information content (AvgIpc) is 3.23. The molecule has 0 aliphatic carbocycles. The van der Waals surface area contributed by atoms with Gasteiger partial charge in [-0.1, -0.05) is 48.5 Å². The van der Waals surface area contributed by atoms with Crippen molar-refractivity contribution in [1.82, 2.24) is 10.5 Å². The maximum Gasteiger partial charge on any atom is 0.161 e. The number of hydrazine groups is 1. The highest BCUT2D eigenvalue weighted by Gasteiger charge is 2.20. The van der Waals surface area contributed by atoms with E-state index in [1.807, 2.05) is 54.7 Å². The lowest BCUT2D eigenvalue weighted by Crippen LogP contribution is -2.24. The van der Waals surface area contributed by atoms with Gasteiger partial charge in [0.25, 0.3) is 0 Å². The second-order valence-electron chi connectivity index (χ2n) is 8.27. The van der Waals surface area contributed by atoms with Crippen LogP contribution in [0.4, 0.5) is 5.69 Å². The molecule has 7 nitrogen and oxygen atoms in total. The fourth-order valence-electron chi connectivity index (χ4n) is 4.38. The third-order valence-corrected chi connectivity index (χ3v) is 5.94. The van der Waals surface area contributed by atoms with Crippen molar-refractivity contribution in [2.24, 2.45) is 16.7 Å². The van der Waals surface area contributed by atoms with Gasteiger partial charge >= 0.3 is 0 Å². The van der Waals surface area contributed by atoms with Crippen molar-refractivity contribution in [3.05, 3.63) is 95.7 Å². The predicted molar refractivity (Wildman–Crippen MR) is 138 cm³/mol. The Morgan fingerprint density at radius 1 is 1.00 bits per heavy atom. The van der Waals surface area contributed by atoms with Crippen LogP contribution in [0.2, 0.25) is 0 Å². The first-order valence-electron chi connectivity index (χ1n) is 11.1. The number of anilines is 1. The van der Waals surface area contributed by atoms with E-state index in [4.69, 9.17) is 16.0 Å². The fourth-order valence-corrected chi connectivity index (χ4v) is 4.38. The summed E-state index contributed by atoms with van der Waals surface area (Å²) >= 11 is 0. The Morgan fingerprint density at radius 3 is 2.56 bits per heavy atom. The van der Waals surface area contributed by atoms with Gasteiger partial charge in [0.2, 0.25) is 0 Å². The molecule has 5 rings (SSSR count). The van der Waals surface area contributed by atoms with Gasteiger partial charge in [-0.2, -0.15) is 0 Å². The molecule has 0 aliphatic heterocycles. The quantitative estimate of drug-likeness (QED) is 0.122. The molecule has 170 valence electrons. The Bertz CT molecular complexity index is 1510. The molecule has 0 fully saturated rings. The van der Waals surface area contributed by atoms with E-state index >= 15 is 0 Å². The summed E-state index contributed by atoms with van der Waals surface area (Å²) in [4.78, 5) is 4.67. The lowest BCUT2D eigenvalue weighted by molar-refractivity contribution is 0.658. The van der Waals surface area contributed by atoms with E-state index < -0.39 is 0 Å². The van der Waals surface area contributed by atoms with Gasteiger partial charge in [-0.3, -0.25) is 4.98 Å². The number of amidine groups is 1. The molecule has 0 radical (unpaired) electrons. The molecule has 0 spiro atoms. The van der Waals surface area contributed by atoms with E-state index in [0.29, 0.717) is 5.84 Å². The fraction of sp³-hybridized carbons (Fsp3) is 0.111. The third kappa shape index (κ3) is 3.82. The van der Waals surface area contributed by atoms with Crippen molar-refractivity contribution in [2.75, 3.05) is 5.32 Å². The summed E-state index contributed by atoms with van der Waals surface area (Å²) in [6, 6.07) is 24.1. The number of fused-ring (bicyclic) bond motifs is 3. The van der Waals surface area contributed by atoms with Crippen LogP contribution in [0.5, 0.6) is 0 Å². The molecule has 0 amide bonds. The Morgan fingerprint density at radius 2 is 1.76 bits per heavy atom. The molecule has 3 aromatic carbocycles. The summed E-state index contributed by atoms with van der Waals surface area (Å²) in [5, 5.41) is 8.49. The van der Waals surface area contributed by atoms with Gasteiger partial charge in [0.15, 0.2) is 11.4 Å². The summed E-state index contributed by atoms with van der Waals surface area (Å²) in [5.74, 6) is 5.62. The minimum Gasteiger partial charge on any atom is -0.453 e. The van der Waals surface area contributed by atoms with E-state index in [-0.39, 0.29) is 6.04 Å². The van der Waals surface area contributed by atoms with Gasteiger partial charge in [0, 0.05) is 34.0 Å². The summed E-state index contributed by atoms with van der Waals surface area (Å²) < 4.78 is 6.52. The summed E-state index contributed by atoms with van der Waals surface area (Å²) in [6.45, 7) is 4.18. The molecule has 2 aromatic heterocycles. The van der Waals surface area contributed by atoms with Crippen LogP contribution in [0.3, 0.4) is 0 Å². The zero-order chi connectivity index (χ0) is 23.7. The number of hydrogen-bond acceptors (Lipinski definition) is 6. The Kier molecular flexibility index (Phi) is 5.61. The van der Waals surface area contributed by atoms with Crippen molar-refractivity contribution in [1.29, 1.82) is 0 Å². The number of nitrogens with two attached hydrogens (primary N) is 2. The molecule has 5 aromatic rings. The molecule has 1 atom stereocenters. The molecular weight excluding hydrogens is 424 g/mol. The van der Waals surface area contributed by atoms with Gasteiger partial charge in [-0.25, -0.2) is 11.4 Å². The SMILES string of the molecule is Cc1cc(C(C)Nc2ccccc2/C(N)=N/NN)c2oc3c(-c4ccccc4)ccnc3c2c1. The van der Waals surface area contributed by atoms with Crippen molar-refractivity contribution < 1.29 is 4.42 Å². The molecule has 7 heteroatoms. The average molecular weight is 451 g/mol. The van der Waals surface area contributed by atoms with Crippen LogP contribution >= 0.6 is 0 Å². The summed E-state index contributed by atoms with van der Waals surface area (Å²) in [5.41, 5.74) is 16.7. The first-order chi connectivity index (χ1) is 16.6. The number of para-hydroxylation sites is 1. The number of nitrogens with zero attached hydrogens (tertiary/aromatic N) is 2. The number of aryl methyl sites for hydroxylation is 1. The Labute approximate surface area is 197 Å². The van der Waals surface area contributed by atoms with Gasteiger partial charge in [-0.05, 0) is 49.2 Å². The highest BCUT2D eigenvalue weighted by molar-refractivity contribution is 6.08. The maximum absolute atomic E-state index is 6.52. The number of hydrogen-bond donors (Lipinski definition) is 4. The van der Waals surface area contributed by atoms with E-state index in [1.165, 1.54) is 0 Å². The molecule has 6 N–H and O–H groups in total. The number of benzene rings is 3. The monoisotopic (exact) mass is 450 g/mol. The van der Waals surface area contributed by atoms with E-state index in [0.717, 1.165) is 55.6 Å². The number of aromatic nitrogens is 1. The molecule has 0 saturated carbocycles. The van der Waals surface area contributed by atoms with Crippen LogP contribution < -0.4 is 22.4 Å². The van der Waals surface area contributed by atoms with Crippen LogP contribution in [0.15, 0.2) is 88.5 Å². The molecule has 0 aliphatic rings. The minimum atomic E-state index is -0.0806. The lowest BCUT2D eigenvalue weighted by Gasteiger charge is -2.19. The first-order valence-corrected chi connectivity index (χ1v) is 11.1. The number of hydrazone groups is 1. The number of nitrogens with one attached hydrogen (secondary N) is 2. The zero-order valence-corrected chi connectivity index (χ0v) is 19.0. The van der Waals surface area contributed by atoms with Crippen molar-refractivity contribution in [3.63, 3.8) is 0 Å². The smallest absolute Gasteiger partial charge is 0.161 e. The number of furan rings is 1. The highest BCUT2D eigenvalue weighted by atomic mass is 16.3. The third-order valence-electron chi connectivity index (χ3n) is 5.94. The van der Waals surface area contributed by atoms with Crippen molar-refractivity contribution in [2.45, 2.75) is 19.9 Å². The Balaban J connectivity index is 1.63. The van der Waals surface area contributed by atoms with Gasteiger partial charge in [0.1, 0.15) is 11.1 Å². The molecule has 0 saturated heterocycles. The molecular formula is C27H26N6O. The van der Waals surface area contributed by atoms with Gasteiger partial charge in [-0.15, -0.1) is 5.10 Å². The minimum absolute atomic E-state index is 0.0806. The standard InChI is InChI=1S/C27H26N6O/c1-16-14-21(17(2)31-23-11-7-6-10-20(23)27(28)32-33-29)25-22(15-16)24-26(34-25)19(12-13-30-24)18-8-4-3-5-9-18/h3-15,17,31,33H,29H2,1-2H3,(H2,28,32). The molecule has 0 bridgehead atoms. The van der Waals surface area contributed by atoms with E-state index in [9.17, 15) is 0 Å². The van der Waals surface area contributed by atoms with Gasteiger partial charge < -0.3 is 15.5 Å². The highest BCUT2D eigenvalue weighted by Crippen LogP contribution is 2.38. The second-order valence-corrected chi connectivity index (χ2v) is 8.27. The summed E-state index contributed by atoms with van der Waals surface area (Å²) in [6.07, 6.45) is 1.84. The van der Waals surface area contributed by atoms with Crippen LogP contribution in [0, 0.1) is 6.92 Å². The number of pyridine rings is 1.